The molecule has 0 spiro atoms. The maximum Gasteiger partial charge on any atom is 0.350 e. The summed E-state index contributed by atoms with van der Waals surface area (Å²) in [7, 11) is 0. The summed E-state index contributed by atoms with van der Waals surface area (Å²) in [5.41, 5.74) is -7.41. The van der Waals surface area contributed by atoms with Crippen LogP contribution in [0.1, 0.15) is 101 Å². The van der Waals surface area contributed by atoms with E-state index in [4.69, 9.17) is 33.2 Å². The number of fused-ring (bicyclic) bond motifs is 5. The molecule has 7 rings (SSSR count). The standard InChI is InChI=1S/C51H55NO16/c1-27-35(66-47(60)41(65-30(4)55)39(32-18-12-9-13-19-32)52-45(58)33-20-14-10-15-21-33)25-51(61)44(67-46(59)34-22-16-11-17-23-34)42-49(8,43(57)40(64-29(3)54)38(27)48(51,6)7)36(63-28(2)53)24-37-50(42,26-62-37)68-31(5)56/h9-23,35-37,39-42,44,61H,24-26H2,1-8H3,(H,52,58)/t35-,36-,37?,39-,40+,41+,42-,44-,49+,50-,51+/m0/s1. The number of Topliss-reactive ketones (excluding diaryl/α,β-unsaturated/α-hetero) is 1. The molecule has 1 unspecified atom stereocenters. The molecule has 1 saturated heterocycles. The smallest absolute Gasteiger partial charge is 0.350 e. The van der Waals surface area contributed by atoms with E-state index in [2.05, 4.69) is 5.32 Å². The van der Waals surface area contributed by atoms with Crippen molar-refractivity contribution in [2.24, 2.45) is 16.7 Å². The van der Waals surface area contributed by atoms with Crippen LogP contribution in [0.3, 0.4) is 0 Å². The molecule has 1 aliphatic heterocycles. The maximum atomic E-state index is 15.9. The molecule has 2 bridgehead atoms. The molecule has 3 aromatic rings. The fraction of sp³-hybridized carbons (Fsp3) is 0.451. The molecule has 2 saturated carbocycles. The fourth-order valence-electron chi connectivity index (χ4n) is 10.8. The van der Waals surface area contributed by atoms with E-state index < -0.39 is 125 Å². The predicted octanol–water partition coefficient (Wildman–Crippen LogP) is 4.88. The van der Waals surface area contributed by atoms with E-state index in [0.717, 1.165) is 27.7 Å². The van der Waals surface area contributed by atoms with E-state index in [1.54, 1.807) is 92.7 Å². The van der Waals surface area contributed by atoms with E-state index >= 15 is 4.79 Å². The van der Waals surface area contributed by atoms with Crippen LogP contribution in [-0.2, 0) is 61.9 Å². The third kappa shape index (κ3) is 8.68. The molecule has 3 aliphatic carbocycles. The normalized spacial score (nSPS) is 29.9. The van der Waals surface area contributed by atoms with E-state index in [9.17, 15) is 38.7 Å². The number of ether oxygens (including phenoxy) is 7. The van der Waals surface area contributed by atoms with Gasteiger partial charge in [0.25, 0.3) is 5.91 Å². The third-order valence-corrected chi connectivity index (χ3v) is 14.0. The highest BCUT2D eigenvalue weighted by molar-refractivity contribution is 5.96. The third-order valence-electron chi connectivity index (χ3n) is 14.0. The molecular weight excluding hydrogens is 883 g/mol. The van der Waals surface area contributed by atoms with Crippen LogP contribution in [-0.4, -0.2) is 107 Å². The number of esters is 6. The Kier molecular flexibility index (Phi) is 13.6. The molecule has 360 valence electrons. The summed E-state index contributed by atoms with van der Waals surface area (Å²) >= 11 is 0. The maximum absolute atomic E-state index is 15.9. The van der Waals surface area contributed by atoms with Gasteiger partial charge in [-0.2, -0.15) is 0 Å². The second-order valence-corrected chi connectivity index (χ2v) is 18.5. The van der Waals surface area contributed by atoms with Crippen molar-refractivity contribution in [3.63, 3.8) is 0 Å². The van der Waals surface area contributed by atoms with Gasteiger partial charge in [0, 0.05) is 51.5 Å². The molecule has 4 aliphatic rings. The molecule has 17 nitrogen and oxygen atoms in total. The van der Waals surface area contributed by atoms with Gasteiger partial charge in [-0.1, -0.05) is 80.6 Å². The van der Waals surface area contributed by atoms with Gasteiger partial charge in [0.05, 0.1) is 23.5 Å². The molecule has 11 atom stereocenters. The summed E-state index contributed by atoms with van der Waals surface area (Å²) in [6, 6.07) is 22.8. The molecule has 0 radical (unpaired) electrons. The van der Waals surface area contributed by atoms with Gasteiger partial charge in [-0.25, -0.2) is 9.59 Å². The lowest BCUT2D eigenvalue weighted by molar-refractivity contribution is -0.346. The lowest BCUT2D eigenvalue weighted by atomic mass is 9.44. The lowest BCUT2D eigenvalue weighted by Gasteiger charge is -2.67. The van der Waals surface area contributed by atoms with Crippen molar-refractivity contribution in [1.29, 1.82) is 0 Å². The van der Waals surface area contributed by atoms with Crippen molar-refractivity contribution < 1.29 is 76.6 Å². The van der Waals surface area contributed by atoms with E-state index in [1.807, 2.05) is 0 Å². The first kappa shape index (κ1) is 49.2. The highest BCUT2D eigenvalue weighted by Gasteiger charge is 2.79. The number of hydrogen-bond acceptors (Lipinski definition) is 16. The zero-order valence-corrected chi connectivity index (χ0v) is 39.0. The molecule has 17 heteroatoms. The Hall–Kier alpha value is -6.72. The molecule has 2 N–H and O–H groups in total. The van der Waals surface area contributed by atoms with Gasteiger partial charge in [0.1, 0.15) is 36.1 Å². The average molecular weight is 938 g/mol. The summed E-state index contributed by atoms with van der Waals surface area (Å²) < 4.78 is 42.5. The van der Waals surface area contributed by atoms with Gasteiger partial charge in [-0.15, -0.1) is 0 Å². The Morgan fingerprint density at radius 2 is 1.31 bits per heavy atom. The minimum atomic E-state index is -2.47. The van der Waals surface area contributed by atoms with Crippen molar-refractivity contribution in [2.75, 3.05) is 6.61 Å². The van der Waals surface area contributed by atoms with Crippen LogP contribution in [0, 0.1) is 16.7 Å². The molecule has 1 heterocycles. The Morgan fingerprint density at radius 1 is 0.735 bits per heavy atom. The molecular formula is C51H55NO16. The number of benzene rings is 3. The molecule has 68 heavy (non-hydrogen) atoms. The number of ketones is 1. The SMILES string of the molecule is CC(=O)O[C@H]1C(=O)[C@]2(C)[C@@H](OC(C)=O)CC3OC[C@@]3(OC(C)=O)[C@H]2[C@H](OC(=O)c2ccccc2)[C@]2(O)C[C@H](OC(=O)[C@H](OC(C)=O)[C@@H](NC(=O)c3ccccc3)c3ccccc3)C(C)=C1C2(C)C. The number of nitrogens with one attached hydrogen (secondary N) is 1. The van der Waals surface area contributed by atoms with Crippen LogP contribution in [0.5, 0.6) is 0 Å². The summed E-state index contributed by atoms with van der Waals surface area (Å²) in [4.78, 5) is 111. The Balaban J connectivity index is 1.45. The quantitative estimate of drug-likeness (QED) is 0.140. The van der Waals surface area contributed by atoms with Crippen LogP contribution in [0.4, 0.5) is 0 Å². The first-order valence-electron chi connectivity index (χ1n) is 22.2. The Morgan fingerprint density at radius 3 is 1.84 bits per heavy atom. The first-order valence-corrected chi connectivity index (χ1v) is 22.2. The number of carbonyl (C=O) groups excluding carboxylic acids is 8. The largest absolute Gasteiger partial charge is 0.461 e. The average Bonchev–Trinajstić information content (AvgIpc) is 3.28. The summed E-state index contributed by atoms with van der Waals surface area (Å²) in [5, 5.41) is 16.8. The zero-order valence-electron chi connectivity index (χ0n) is 39.0. The van der Waals surface area contributed by atoms with Gasteiger partial charge in [-0.3, -0.25) is 28.8 Å². The number of rotatable bonds is 12. The van der Waals surface area contributed by atoms with Crippen LogP contribution in [0.2, 0.25) is 0 Å². The van der Waals surface area contributed by atoms with Crippen molar-refractivity contribution in [3.8, 4) is 0 Å². The van der Waals surface area contributed by atoms with Gasteiger partial charge >= 0.3 is 35.8 Å². The minimum Gasteiger partial charge on any atom is -0.461 e. The van der Waals surface area contributed by atoms with E-state index in [-0.39, 0.29) is 35.3 Å². The molecule has 0 aromatic heterocycles. The first-order chi connectivity index (χ1) is 32.1. The van der Waals surface area contributed by atoms with Crippen molar-refractivity contribution in [3.05, 3.63) is 119 Å². The zero-order chi connectivity index (χ0) is 49.5. The topological polar surface area (TPSA) is 233 Å². The number of aliphatic hydroxyl groups is 1. The second-order valence-electron chi connectivity index (χ2n) is 18.5. The Labute approximate surface area is 392 Å². The lowest BCUT2D eigenvalue weighted by Crippen LogP contribution is -2.82. The number of carbonyl (C=O) groups is 8. The van der Waals surface area contributed by atoms with E-state index in [0.29, 0.717) is 5.56 Å². The minimum absolute atomic E-state index is 0.0385. The monoisotopic (exact) mass is 937 g/mol. The molecule has 3 aromatic carbocycles. The van der Waals surface area contributed by atoms with Gasteiger partial charge in [0.2, 0.25) is 6.10 Å². The fourth-order valence-corrected chi connectivity index (χ4v) is 10.8. The van der Waals surface area contributed by atoms with Crippen LogP contribution in [0.15, 0.2) is 102 Å². The number of amides is 1. The summed E-state index contributed by atoms with van der Waals surface area (Å²) in [5.74, 6) is -8.71. The second kappa shape index (κ2) is 18.8. The molecule has 1 amide bonds. The Bertz CT molecular complexity index is 2530. The van der Waals surface area contributed by atoms with Crippen LogP contribution in [0.25, 0.3) is 0 Å². The van der Waals surface area contributed by atoms with Crippen molar-refractivity contribution >= 4 is 47.5 Å². The van der Waals surface area contributed by atoms with Crippen LogP contribution < -0.4 is 5.32 Å². The van der Waals surface area contributed by atoms with Gasteiger partial charge < -0.3 is 43.6 Å². The summed E-state index contributed by atoms with van der Waals surface area (Å²) in [6.07, 6.45) is -10.5. The van der Waals surface area contributed by atoms with Gasteiger partial charge in [-0.05, 0) is 54.8 Å². The highest BCUT2D eigenvalue weighted by Crippen LogP contribution is 2.65. The molecule has 3 fully saturated rings. The highest BCUT2D eigenvalue weighted by atomic mass is 16.6. The van der Waals surface area contributed by atoms with E-state index in [1.165, 1.54) is 26.0 Å². The predicted molar refractivity (Wildman–Crippen MR) is 237 cm³/mol. The van der Waals surface area contributed by atoms with Crippen molar-refractivity contribution in [2.45, 2.75) is 122 Å². The van der Waals surface area contributed by atoms with Crippen LogP contribution >= 0.6 is 0 Å². The summed E-state index contributed by atoms with van der Waals surface area (Å²) in [6.45, 7) is 10.1. The number of hydrogen-bond donors (Lipinski definition) is 2. The van der Waals surface area contributed by atoms with Gasteiger partial charge in [0.15, 0.2) is 17.5 Å². The van der Waals surface area contributed by atoms with Crippen molar-refractivity contribution in [1.82, 2.24) is 5.32 Å².